The van der Waals surface area contributed by atoms with Crippen molar-refractivity contribution < 1.29 is 39.6 Å². The predicted octanol–water partition coefficient (Wildman–Crippen LogP) is -1.34. The van der Waals surface area contributed by atoms with Crippen LogP contribution in [-0.4, -0.2) is 148 Å². The van der Waals surface area contributed by atoms with Crippen LogP contribution in [0.4, 0.5) is 0 Å². The Balaban J connectivity index is 2.38. The molecule has 0 saturated carbocycles. The number of rotatable bonds is 12. The zero-order valence-electron chi connectivity index (χ0n) is 21.6. The molecule has 1 fully saturated rings. The second-order valence-corrected chi connectivity index (χ2v) is 9.55. The van der Waals surface area contributed by atoms with Gasteiger partial charge in [-0.2, -0.15) is 0 Å². The molecule has 212 valence electrons. The van der Waals surface area contributed by atoms with Crippen molar-refractivity contribution in [2.75, 3.05) is 78.5 Å². The van der Waals surface area contributed by atoms with Gasteiger partial charge >= 0.3 is 23.9 Å². The zero-order chi connectivity index (χ0) is 28.1. The second-order valence-electron chi connectivity index (χ2n) is 9.55. The van der Waals surface area contributed by atoms with Gasteiger partial charge in [0.1, 0.15) is 0 Å². The minimum atomic E-state index is -1.04. The van der Waals surface area contributed by atoms with Crippen molar-refractivity contribution >= 4 is 23.9 Å². The fourth-order valence-electron chi connectivity index (χ4n) is 4.64. The molecule has 6 N–H and O–H groups in total. The number of carboxylic acid groups (broad SMARTS) is 4. The number of carbonyl (C=O) groups is 4. The lowest BCUT2D eigenvalue weighted by Crippen LogP contribution is -2.53. The maximum atomic E-state index is 11.8. The number of benzene rings is 1. The smallest absolute Gasteiger partial charge is 0.317 e. The van der Waals surface area contributed by atoms with E-state index in [1.54, 1.807) is 19.6 Å². The average Bonchev–Trinajstić information content (AvgIpc) is 2.82. The number of nitrogens with two attached hydrogens (primary N) is 1. The van der Waals surface area contributed by atoms with Gasteiger partial charge in [-0.3, -0.25) is 38.8 Å². The minimum Gasteiger partial charge on any atom is -0.480 e. The summed E-state index contributed by atoms with van der Waals surface area (Å²) in [5.74, 6) is -4.14. The number of carboxylic acids is 4. The molecular weight excluding hydrogens is 498 g/mol. The van der Waals surface area contributed by atoms with Gasteiger partial charge in [-0.15, -0.1) is 0 Å². The number of hydrogen-bond donors (Lipinski definition) is 5. The van der Waals surface area contributed by atoms with Crippen LogP contribution in [-0.2, 0) is 32.0 Å². The Kier molecular flexibility index (Phi) is 13.1. The fraction of sp³-hybridized carbons (Fsp3) is 0.600. The van der Waals surface area contributed by atoms with Gasteiger partial charge in [0.15, 0.2) is 0 Å². The van der Waals surface area contributed by atoms with E-state index in [9.17, 15) is 39.6 Å². The summed E-state index contributed by atoms with van der Waals surface area (Å²) in [6.07, 6.45) is 1.18. The molecule has 1 saturated heterocycles. The molecule has 0 aliphatic carbocycles. The van der Waals surface area contributed by atoms with Crippen LogP contribution in [0.25, 0.3) is 0 Å². The van der Waals surface area contributed by atoms with E-state index >= 15 is 0 Å². The quantitative estimate of drug-likeness (QED) is 0.211. The van der Waals surface area contributed by atoms with Gasteiger partial charge in [0, 0.05) is 51.9 Å². The Morgan fingerprint density at radius 2 is 1.08 bits per heavy atom. The maximum absolute atomic E-state index is 11.8. The van der Waals surface area contributed by atoms with Crippen molar-refractivity contribution in [1.82, 2.24) is 19.6 Å². The van der Waals surface area contributed by atoms with Gasteiger partial charge in [0.2, 0.25) is 0 Å². The summed E-state index contributed by atoms with van der Waals surface area (Å²) >= 11 is 0. The van der Waals surface area contributed by atoms with E-state index in [2.05, 4.69) is 0 Å². The highest BCUT2D eigenvalue weighted by molar-refractivity contribution is 5.70. The maximum Gasteiger partial charge on any atom is 0.317 e. The summed E-state index contributed by atoms with van der Waals surface area (Å²) in [7, 11) is 0. The van der Waals surface area contributed by atoms with Crippen LogP contribution in [0.15, 0.2) is 24.3 Å². The predicted molar refractivity (Wildman–Crippen MR) is 138 cm³/mol. The molecule has 1 aliphatic rings. The molecule has 1 aromatic rings. The highest BCUT2D eigenvalue weighted by atomic mass is 16.4. The highest BCUT2D eigenvalue weighted by Gasteiger charge is 2.27. The van der Waals surface area contributed by atoms with Crippen molar-refractivity contribution in [2.45, 2.75) is 18.9 Å². The van der Waals surface area contributed by atoms with E-state index in [0.717, 1.165) is 17.5 Å². The van der Waals surface area contributed by atoms with E-state index in [1.807, 2.05) is 24.3 Å². The standard InChI is InChI=1S/C25H39N5O8/c26-6-5-19-1-3-20(4-2-19)13-21-14-29(17-24(35)36)10-9-27(15-22(31)32)7-8-28(16-23(33)34)11-12-30(21)18-25(37)38/h1-4,21H,5-18,26H2,(H,31,32)(H,33,34)(H,35,36)(H,37,38). The Labute approximate surface area is 222 Å². The van der Waals surface area contributed by atoms with Gasteiger partial charge in [-0.1, -0.05) is 24.3 Å². The van der Waals surface area contributed by atoms with Crippen LogP contribution < -0.4 is 5.73 Å². The Morgan fingerprint density at radius 3 is 1.55 bits per heavy atom. The first-order chi connectivity index (χ1) is 18.0. The van der Waals surface area contributed by atoms with Crippen LogP contribution in [0.3, 0.4) is 0 Å². The molecular formula is C25H39N5O8. The summed E-state index contributed by atoms with van der Waals surface area (Å²) in [6, 6.07) is 7.45. The van der Waals surface area contributed by atoms with Gasteiger partial charge < -0.3 is 26.2 Å². The molecule has 2 rings (SSSR count). The van der Waals surface area contributed by atoms with Crippen LogP contribution >= 0.6 is 0 Å². The molecule has 38 heavy (non-hydrogen) atoms. The second kappa shape index (κ2) is 16.0. The number of nitrogens with zero attached hydrogens (tertiary/aromatic N) is 4. The number of aliphatic carboxylic acids is 4. The van der Waals surface area contributed by atoms with E-state index in [4.69, 9.17) is 5.73 Å². The van der Waals surface area contributed by atoms with Crippen LogP contribution in [0.1, 0.15) is 11.1 Å². The van der Waals surface area contributed by atoms with Crippen molar-refractivity contribution in [2.24, 2.45) is 5.73 Å². The van der Waals surface area contributed by atoms with E-state index in [0.29, 0.717) is 13.0 Å². The topological polar surface area (TPSA) is 188 Å². The fourth-order valence-corrected chi connectivity index (χ4v) is 4.64. The summed E-state index contributed by atoms with van der Waals surface area (Å²) in [4.78, 5) is 53.1. The van der Waals surface area contributed by atoms with E-state index < -0.39 is 23.9 Å². The SMILES string of the molecule is NCCc1ccc(CC2CN(CC(=O)O)CCN(CC(=O)O)CCN(CC(=O)O)CCN2CC(=O)O)cc1. The first-order valence-corrected chi connectivity index (χ1v) is 12.6. The monoisotopic (exact) mass is 537 g/mol. The summed E-state index contributed by atoms with van der Waals surface area (Å²) in [5, 5.41) is 37.9. The van der Waals surface area contributed by atoms with Gasteiger partial charge in [0.05, 0.1) is 26.2 Å². The third-order valence-corrected chi connectivity index (χ3v) is 6.50. The molecule has 1 atom stereocenters. The minimum absolute atomic E-state index is 0.240. The van der Waals surface area contributed by atoms with E-state index in [1.165, 1.54) is 0 Å². The normalized spacial score (nSPS) is 19.3. The molecule has 13 heteroatoms. The van der Waals surface area contributed by atoms with Crippen LogP contribution in [0.2, 0.25) is 0 Å². The number of hydrogen-bond acceptors (Lipinski definition) is 9. The molecule has 0 amide bonds. The lowest BCUT2D eigenvalue weighted by molar-refractivity contribution is -0.142. The highest BCUT2D eigenvalue weighted by Crippen LogP contribution is 2.14. The molecule has 1 unspecified atom stereocenters. The summed E-state index contributed by atoms with van der Waals surface area (Å²) in [6.45, 7) is 1.23. The molecule has 1 aromatic carbocycles. The van der Waals surface area contributed by atoms with Crippen molar-refractivity contribution in [1.29, 1.82) is 0 Å². The van der Waals surface area contributed by atoms with Gasteiger partial charge in [-0.05, 0) is 30.5 Å². The van der Waals surface area contributed by atoms with Gasteiger partial charge in [-0.25, -0.2) is 0 Å². The first kappa shape index (κ1) is 31.1. The van der Waals surface area contributed by atoms with Crippen molar-refractivity contribution in [3.05, 3.63) is 35.4 Å². The van der Waals surface area contributed by atoms with Crippen molar-refractivity contribution in [3.63, 3.8) is 0 Å². The van der Waals surface area contributed by atoms with Crippen LogP contribution in [0.5, 0.6) is 0 Å². The average molecular weight is 538 g/mol. The van der Waals surface area contributed by atoms with Crippen LogP contribution in [0, 0.1) is 0 Å². The molecule has 0 radical (unpaired) electrons. The van der Waals surface area contributed by atoms with E-state index in [-0.39, 0.29) is 78.0 Å². The molecule has 0 aromatic heterocycles. The Hall–Kier alpha value is -3.10. The molecule has 1 heterocycles. The zero-order valence-corrected chi connectivity index (χ0v) is 21.6. The van der Waals surface area contributed by atoms with Crippen molar-refractivity contribution in [3.8, 4) is 0 Å². The Morgan fingerprint density at radius 1 is 0.658 bits per heavy atom. The third kappa shape index (κ3) is 12.0. The molecule has 0 spiro atoms. The molecule has 13 nitrogen and oxygen atoms in total. The van der Waals surface area contributed by atoms with Gasteiger partial charge in [0.25, 0.3) is 0 Å². The largest absolute Gasteiger partial charge is 0.480 e. The lowest BCUT2D eigenvalue weighted by Gasteiger charge is -2.37. The molecule has 1 aliphatic heterocycles. The summed E-state index contributed by atoms with van der Waals surface area (Å²) < 4.78 is 0. The Bertz CT molecular complexity index is 929. The third-order valence-electron chi connectivity index (χ3n) is 6.50. The lowest BCUT2D eigenvalue weighted by atomic mass is 10.0. The molecule has 0 bridgehead atoms. The summed E-state index contributed by atoms with van der Waals surface area (Å²) in [5.41, 5.74) is 7.66. The first-order valence-electron chi connectivity index (χ1n) is 12.6.